The Morgan fingerprint density at radius 3 is 2.30 bits per heavy atom. The highest BCUT2D eigenvalue weighted by atomic mass is 19.1. The number of hydrogen-bond donors (Lipinski definition) is 1. The molecular weight excluding hydrogens is 129 g/mol. The highest BCUT2D eigenvalue weighted by Gasteiger charge is 2.14. The molecule has 62 valence electrons. The summed E-state index contributed by atoms with van der Waals surface area (Å²) in [5, 5.41) is 0. The SMILES string of the molecule is CC(N)CCCC(C)(C)F. The van der Waals surface area contributed by atoms with E-state index in [1.165, 1.54) is 0 Å². The molecule has 0 saturated carbocycles. The van der Waals surface area contributed by atoms with Crippen molar-refractivity contribution in [2.24, 2.45) is 5.73 Å². The Balaban J connectivity index is 3.21. The van der Waals surface area contributed by atoms with Crippen molar-refractivity contribution in [3.63, 3.8) is 0 Å². The molecule has 1 atom stereocenters. The predicted molar refractivity (Wildman–Crippen MR) is 42.7 cm³/mol. The summed E-state index contributed by atoms with van der Waals surface area (Å²) in [7, 11) is 0. The maximum absolute atomic E-state index is 12.8. The molecule has 0 rings (SSSR count). The van der Waals surface area contributed by atoms with Crippen molar-refractivity contribution in [1.29, 1.82) is 0 Å². The van der Waals surface area contributed by atoms with Gasteiger partial charge in [0.05, 0.1) is 0 Å². The van der Waals surface area contributed by atoms with Crippen LogP contribution in [0.2, 0.25) is 0 Å². The minimum atomic E-state index is -1.02. The molecule has 0 amide bonds. The van der Waals surface area contributed by atoms with E-state index in [0.29, 0.717) is 6.42 Å². The van der Waals surface area contributed by atoms with E-state index in [2.05, 4.69) is 0 Å². The zero-order valence-electron chi connectivity index (χ0n) is 7.15. The Labute approximate surface area is 62.8 Å². The van der Waals surface area contributed by atoms with Crippen LogP contribution < -0.4 is 5.73 Å². The summed E-state index contributed by atoms with van der Waals surface area (Å²) in [6, 6.07) is 0.211. The zero-order valence-corrected chi connectivity index (χ0v) is 7.15. The van der Waals surface area contributed by atoms with Gasteiger partial charge in [0.2, 0.25) is 0 Å². The van der Waals surface area contributed by atoms with Crippen LogP contribution in [0, 0.1) is 0 Å². The van der Waals surface area contributed by atoms with Gasteiger partial charge in [0.15, 0.2) is 0 Å². The molecule has 0 saturated heterocycles. The molecule has 0 aliphatic heterocycles. The molecule has 0 aromatic rings. The summed E-state index contributed by atoms with van der Waals surface area (Å²) in [6.45, 7) is 5.16. The van der Waals surface area contributed by atoms with E-state index in [-0.39, 0.29) is 6.04 Å². The first kappa shape index (κ1) is 9.89. The van der Waals surface area contributed by atoms with Crippen LogP contribution >= 0.6 is 0 Å². The van der Waals surface area contributed by atoms with Gasteiger partial charge in [-0.1, -0.05) is 0 Å². The monoisotopic (exact) mass is 147 g/mol. The molecule has 0 heterocycles. The fraction of sp³-hybridized carbons (Fsp3) is 1.00. The molecule has 10 heavy (non-hydrogen) atoms. The molecule has 1 nitrogen and oxygen atoms in total. The normalized spacial score (nSPS) is 15.3. The average molecular weight is 147 g/mol. The Morgan fingerprint density at radius 2 is 2.00 bits per heavy atom. The maximum atomic E-state index is 12.8. The third-order valence-electron chi connectivity index (χ3n) is 1.43. The second kappa shape index (κ2) is 3.91. The first-order valence-corrected chi connectivity index (χ1v) is 3.86. The number of alkyl halides is 1. The van der Waals surface area contributed by atoms with Gasteiger partial charge in [-0.25, -0.2) is 4.39 Å². The van der Waals surface area contributed by atoms with Crippen LogP contribution in [0.3, 0.4) is 0 Å². The lowest BCUT2D eigenvalue weighted by Gasteiger charge is -2.13. The van der Waals surface area contributed by atoms with Gasteiger partial charge < -0.3 is 5.73 Å². The third-order valence-corrected chi connectivity index (χ3v) is 1.43. The van der Waals surface area contributed by atoms with Crippen molar-refractivity contribution in [3.05, 3.63) is 0 Å². The van der Waals surface area contributed by atoms with Gasteiger partial charge in [-0.05, 0) is 40.0 Å². The maximum Gasteiger partial charge on any atom is 0.105 e. The molecule has 2 heteroatoms. The van der Waals surface area contributed by atoms with Crippen LogP contribution in [0.4, 0.5) is 4.39 Å². The van der Waals surface area contributed by atoms with Gasteiger partial charge in [-0.15, -0.1) is 0 Å². The number of hydrogen-bond acceptors (Lipinski definition) is 1. The standard InChI is InChI=1S/C8H18FN/c1-7(10)5-4-6-8(2,3)9/h7H,4-6,10H2,1-3H3. The second-order valence-corrected chi connectivity index (χ2v) is 3.59. The van der Waals surface area contributed by atoms with Crippen LogP contribution in [0.15, 0.2) is 0 Å². The van der Waals surface area contributed by atoms with Gasteiger partial charge in [-0.2, -0.15) is 0 Å². The predicted octanol–water partition coefficient (Wildman–Crippen LogP) is 2.25. The quantitative estimate of drug-likeness (QED) is 0.648. The van der Waals surface area contributed by atoms with Crippen LogP contribution in [-0.4, -0.2) is 11.7 Å². The Morgan fingerprint density at radius 1 is 1.50 bits per heavy atom. The first-order chi connectivity index (χ1) is 4.42. The lowest BCUT2D eigenvalue weighted by Crippen LogP contribution is -2.17. The summed E-state index contributed by atoms with van der Waals surface area (Å²) in [4.78, 5) is 0. The van der Waals surface area contributed by atoms with E-state index < -0.39 is 5.67 Å². The molecule has 0 bridgehead atoms. The molecule has 0 aromatic carbocycles. The van der Waals surface area contributed by atoms with Crippen LogP contribution in [0.1, 0.15) is 40.0 Å². The van der Waals surface area contributed by atoms with Crippen molar-refractivity contribution in [2.75, 3.05) is 0 Å². The summed E-state index contributed by atoms with van der Waals surface area (Å²) >= 11 is 0. The fourth-order valence-electron chi connectivity index (χ4n) is 0.844. The minimum Gasteiger partial charge on any atom is -0.328 e. The van der Waals surface area contributed by atoms with Gasteiger partial charge in [0.1, 0.15) is 5.67 Å². The van der Waals surface area contributed by atoms with Gasteiger partial charge in [-0.3, -0.25) is 0 Å². The molecule has 0 aliphatic rings. The van der Waals surface area contributed by atoms with Crippen molar-refractivity contribution in [1.82, 2.24) is 0 Å². The summed E-state index contributed by atoms with van der Waals surface area (Å²) < 4.78 is 12.8. The van der Waals surface area contributed by atoms with Crippen molar-refractivity contribution in [2.45, 2.75) is 51.7 Å². The van der Waals surface area contributed by atoms with Crippen LogP contribution in [0.5, 0.6) is 0 Å². The molecule has 0 aromatic heterocycles. The first-order valence-electron chi connectivity index (χ1n) is 3.86. The van der Waals surface area contributed by atoms with E-state index in [0.717, 1.165) is 12.8 Å². The fourth-order valence-corrected chi connectivity index (χ4v) is 0.844. The van der Waals surface area contributed by atoms with Gasteiger partial charge >= 0.3 is 0 Å². The Bertz CT molecular complexity index is 83.7. The summed E-state index contributed by atoms with van der Waals surface area (Å²) in [5.74, 6) is 0. The molecule has 0 fully saturated rings. The number of rotatable bonds is 4. The average Bonchev–Trinajstić information content (AvgIpc) is 1.59. The molecule has 2 N–H and O–H groups in total. The molecule has 1 unspecified atom stereocenters. The number of nitrogens with two attached hydrogens (primary N) is 1. The van der Waals surface area contributed by atoms with E-state index in [1.807, 2.05) is 6.92 Å². The number of halogens is 1. The third kappa shape index (κ3) is 7.89. The zero-order chi connectivity index (χ0) is 8.20. The topological polar surface area (TPSA) is 26.0 Å². The molecule has 0 spiro atoms. The van der Waals surface area contributed by atoms with E-state index in [1.54, 1.807) is 13.8 Å². The molecule has 0 radical (unpaired) electrons. The van der Waals surface area contributed by atoms with E-state index in [4.69, 9.17) is 5.73 Å². The largest absolute Gasteiger partial charge is 0.328 e. The molecular formula is C8H18FN. The Hall–Kier alpha value is -0.110. The lowest BCUT2D eigenvalue weighted by atomic mass is 10.0. The second-order valence-electron chi connectivity index (χ2n) is 3.59. The molecule has 0 aliphatic carbocycles. The summed E-state index contributed by atoms with van der Waals surface area (Å²) in [5.41, 5.74) is 4.48. The highest BCUT2D eigenvalue weighted by Crippen LogP contribution is 2.17. The van der Waals surface area contributed by atoms with Crippen LogP contribution in [-0.2, 0) is 0 Å². The van der Waals surface area contributed by atoms with Crippen molar-refractivity contribution >= 4 is 0 Å². The summed E-state index contributed by atoms with van der Waals surface area (Å²) in [6.07, 6.45) is 2.43. The van der Waals surface area contributed by atoms with Crippen molar-refractivity contribution in [3.8, 4) is 0 Å². The van der Waals surface area contributed by atoms with Gasteiger partial charge in [0, 0.05) is 6.04 Å². The van der Waals surface area contributed by atoms with Gasteiger partial charge in [0.25, 0.3) is 0 Å². The van der Waals surface area contributed by atoms with Crippen molar-refractivity contribution < 1.29 is 4.39 Å². The van der Waals surface area contributed by atoms with E-state index in [9.17, 15) is 4.39 Å². The smallest absolute Gasteiger partial charge is 0.105 e. The lowest BCUT2D eigenvalue weighted by molar-refractivity contribution is 0.195. The van der Waals surface area contributed by atoms with Crippen LogP contribution in [0.25, 0.3) is 0 Å². The highest BCUT2D eigenvalue weighted by molar-refractivity contribution is 4.66. The van der Waals surface area contributed by atoms with E-state index >= 15 is 0 Å². The minimum absolute atomic E-state index is 0.211. The Kier molecular flexibility index (Phi) is 3.87.